The second-order valence-corrected chi connectivity index (χ2v) is 9.17. The summed E-state index contributed by atoms with van der Waals surface area (Å²) in [4.78, 5) is 0. The highest BCUT2D eigenvalue weighted by molar-refractivity contribution is 5.26. The third kappa shape index (κ3) is 1.99. The van der Waals surface area contributed by atoms with Gasteiger partial charge in [0.2, 0.25) is 0 Å². The first-order valence-corrected chi connectivity index (χ1v) is 9.58. The van der Waals surface area contributed by atoms with E-state index < -0.39 is 0 Å². The zero-order valence-corrected chi connectivity index (χ0v) is 14.6. The van der Waals surface area contributed by atoms with Gasteiger partial charge in [0.25, 0.3) is 0 Å². The number of hydrogen-bond donors (Lipinski definition) is 0. The maximum Gasteiger partial charge on any atom is 0.0659 e. The Balaban J connectivity index is 1.67. The van der Waals surface area contributed by atoms with E-state index >= 15 is 0 Å². The van der Waals surface area contributed by atoms with Crippen molar-refractivity contribution in [3.8, 4) is 18.4 Å². The normalized spacial score (nSPS) is 51.5. The molecule has 4 aliphatic carbocycles. The van der Waals surface area contributed by atoms with Crippen LogP contribution in [0.1, 0.15) is 65.2 Å². The molecule has 0 radical (unpaired) electrons. The molecule has 7 atom stereocenters. The molecule has 0 amide bonds. The lowest BCUT2D eigenvalue weighted by atomic mass is 9.46. The minimum Gasteiger partial charge on any atom is -0.198 e. The second-order valence-electron chi connectivity index (χ2n) is 9.17. The zero-order chi connectivity index (χ0) is 16.2. The van der Waals surface area contributed by atoms with Crippen LogP contribution < -0.4 is 0 Å². The first-order valence-electron chi connectivity index (χ1n) is 9.58. The highest BCUT2D eigenvalue weighted by Crippen LogP contribution is 2.66. The van der Waals surface area contributed by atoms with Crippen molar-refractivity contribution in [1.82, 2.24) is 0 Å². The molecule has 0 bridgehead atoms. The van der Waals surface area contributed by atoms with Gasteiger partial charge in [-0.25, -0.2) is 0 Å². The van der Waals surface area contributed by atoms with Crippen LogP contribution >= 0.6 is 0 Å². The van der Waals surface area contributed by atoms with E-state index in [2.05, 4.69) is 31.9 Å². The summed E-state index contributed by atoms with van der Waals surface area (Å²) in [5.74, 6) is 6.30. The number of terminal acetylenes is 1. The molecule has 122 valence electrons. The monoisotopic (exact) mass is 307 g/mol. The zero-order valence-electron chi connectivity index (χ0n) is 14.6. The van der Waals surface area contributed by atoms with Crippen LogP contribution in [0.25, 0.3) is 0 Å². The summed E-state index contributed by atoms with van der Waals surface area (Å²) in [6, 6.07) is 2.56. The quantitative estimate of drug-likeness (QED) is 0.438. The summed E-state index contributed by atoms with van der Waals surface area (Å²) in [5, 5.41) is 9.45. The van der Waals surface area contributed by atoms with Crippen molar-refractivity contribution in [2.45, 2.75) is 65.2 Å². The molecule has 0 saturated heterocycles. The molecule has 0 aromatic carbocycles. The molecule has 0 spiro atoms. The van der Waals surface area contributed by atoms with E-state index in [1.54, 1.807) is 5.57 Å². The third-order valence-corrected chi connectivity index (χ3v) is 8.44. The van der Waals surface area contributed by atoms with E-state index in [-0.39, 0.29) is 11.3 Å². The van der Waals surface area contributed by atoms with Crippen molar-refractivity contribution in [3.05, 3.63) is 11.6 Å². The average molecular weight is 307 g/mol. The Morgan fingerprint density at radius 1 is 1.17 bits per heavy atom. The Morgan fingerprint density at radius 2 is 2.00 bits per heavy atom. The predicted octanol–water partition coefficient (Wildman–Crippen LogP) is 5.34. The van der Waals surface area contributed by atoms with Crippen molar-refractivity contribution >= 4 is 0 Å². The van der Waals surface area contributed by atoms with E-state index in [1.807, 2.05) is 0 Å². The molecular formula is C22H29N. The van der Waals surface area contributed by atoms with Crippen molar-refractivity contribution in [2.24, 2.45) is 40.4 Å². The van der Waals surface area contributed by atoms with Crippen LogP contribution in [0.2, 0.25) is 0 Å². The Kier molecular flexibility index (Phi) is 3.43. The van der Waals surface area contributed by atoms with Gasteiger partial charge in [0.15, 0.2) is 0 Å². The lowest BCUT2D eigenvalue weighted by Gasteiger charge is -2.58. The molecule has 1 heteroatoms. The third-order valence-electron chi connectivity index (χ3n) is 8.44. The van der Waals surface area contributed by atoms with E-state index in [4.69, 9.17) is 6.42 Å². The Labute approximate surface area is 141 Å². The molecule has 0 unspecified atom stereocenters. The molecule has 0 aromatic rings. The van der Waals surface area contributed by atoms with Crippen LogP contribution in [-0.4, -0.2) is 0 Å². The maximum atomic E-state index is 9.45. The number of allylic oxidation sites excluding steroid dienone is 2. The first-order chi connectivity index (χ1) is 11.0. The number of hydrogen-bond acceptors (Lipinski definition) is 1. The van der Waals surface area contributed by atoms with Gasteiger partial charge in [0, 0.05) is 5.92 Å². The van der Waals surface area contributed by atoms with Crippen molar-refractivity contribution in [1.29, 1.82) is 5.26 Å². The van der Waals surface area contributed by atoms with Gasteiger partial charge in [-0.2, -0.15) is 5.26 Å². The van der Waals surface area contributed by atoms with Gasteiger partial charge in [-0.3, -0.25) is 0 Å². The lowest BCUT2D eigenvalue weighted by molar-refractivity contribution is -0.0469. The first kappa shape index (κ1) is 15.3. The minimum atomic E-state index is 0.234. The molecule has 3 fully saturated rings. The van der Waals surface area contributed by atoms with Crippen LogP contribution in [0.5, 0.6) is 0 Å². The van der Waals surface area contributed by atoms with Crippen LogP contribution in [0.4, 0.5) is 0 Å². The van der Waals surface area contributed by atoms with Gasteiger partial charge in [0.1, 0.15) is 0 Å². The fourth-order valence-corrected chi connectivity index (χ4v) is 7.20. The summed E-state index contributed by atoms with van der Waals surface area (Å²) in [6.45, 7) is 4.97. The fourth-order valence-electron chi connectivity index (χ4n) is 7.20. The van der Waals surface area contributed by atoms with E-state index in [0.717, 1.165) is 30.6 Å². The molecule has 4 rings (SSSR count). The lowest BCUT2D eigenvalue weighted by Crippen LogP contribution is -2.50. The number of nitriles is 1. The molecule has 0 aliphatic heterocycles. The van der Waals surface area contributed by atoms with Crippen molar-refractivity contribution in [3.63, 3.8) is 0 Å². The van der Waals surface area contributed by atoms with E-state index in [9.17, 15) is 5.26 Å². The average Bonchev–Trinajstić information content (AvgIpc) is 2.90. The minimum absolute atomic E-state index is 0.234. The van der Waals surface area contributed by atoms with Crippen LogP contribution in [0.15, 0.2) is 11.6 Å². The predicted molar refractivity (Wildman–Crippen MR) is 93.1 cm³/mol. The number of rotatable bonds is 0. The SMILES string of the molecule is C#C[C@@H]1CC[C@H]2[C@@H]3CCC4=CC[C@H](C#N)C[C@]4(C)[C@H]3CC[C@]12C. The van der Waals surface area contributed by atoms with Crippen LogP contribution in [-0.2, 0) is 0 Å². The number of fused-ring (bicyclic) bond motifs is 5. The molecule has 4 aliphatic rings. The standard InChI is InChI=1S/C22H29N/c1-4-16-8-10-19-18-9-7-17-6-5-15(14-23)13-22(17,3)20(18)11-12-21(16,19)2/h1,6,15-16,18-20H,5,7-13H2,2-3H3/t15-,16+,18-,19-,20-,21+,22-/m0/s1. The van der Waals surface area contributed by atoms with Gasteiger partial charge >= 0.3 is 0 Å². The van der Waals surface area contributed by atoms with Gasteiger partial charge in [-0.15, -0.1) is 12.3 Å². The molecule has 0 N–H and O–H groups in total. The largest absolute Gasteiger partial charge is 0.198 e. The Bertz CT molecular complexity index is 617. The smallest absolute Gasteiger partial charge is 0.0659 e. The summed E-state index contributed by atoms with van der Waals surface area (Å²) >= 11 is 0. The van der Waals surface area contributed by atoms with Crippen LogP contribution in [0.3, 0.4) is 0 Å². The molecular weight excluding hydrogens is 278 g/mol. The maximum absolute atomic E-state index is 9.45. The molecule has 0 heterocycles. The second kappa shape index (κ2) is 5.14. The molecule has 3 saturated carbocycles. The summed E-state index contributed by atoms with van der Waals surface area (Å²) in [7, 11) is 0. The Morgan fingerprint density at radius 3 is 2.74 bits per heavy atom. The highest BCUT2D eigenvalue weighted by Gasteiger charge is 2.58. The molecule has 0 aromatic heterocycles. The molecule has 1 nitrogen and oxygen atoms in total. The van der Waals surface area contributed by atoms with Crippen molar-refractivity contribution in [2.75, 3.05) is 0 Å². The number of nitrogens with zero attached hydrogens (tertiary/aromatic N) is 1. The fraction of sp³-hybridized carbons (Fsp3) is 0.773. The summed E-state index contributed by atoms with van der Waals surface area (Å²) in [6.07, 6.45) is 18.2. The topological polar surface area (TPSA) is 23.8 Å². The summed E-state index contributed by atoms with van der Waals surface area (Å²) < 4.78 is 0. The van der Waals surface area contributed by atoms with E-state index in [0.29, 0.717) is 11.3 Å². The van der Waals surface area contributed by atoms with Crippen molar-refractivity contribution < 1.29 is 0 Å². The van der Waals surface area contributed by atoms with E-state index in [1.165, 1.54) is 38.5 Å². The van der Waals surface area contributed by atoms with Gasteiger partial charge in [-0.05, 0) is 80.0 Å². The Hall–Kier alpha value is -1.21. The molecule has 23 heavy (non-hydrogen) atoms. The van der Waals surface area contributed by atoms with Crippen LogP contribution in [0, 0.1) is 64.1 Å². The highest BCUT2D eigenvalue weighted by atomic mass is 14.6. The van der Waals surface area contributed by atoms with Gasteiger partial charge in [-0.1, -0.05) is 25.5 Å². The van der Waals surface area contributed by atoms with Gasteiger partial charge in [0.05, 0.1) is 12.0 Å². The summed E-state index contributed by atoms with van der Waals surface area (Å²) in [5.41, 5.74) is 2.36. The van der Waals surface area contributed by atoms with Gasteiger partial charge < -0.3 is 0 Å².